The van der Waals surface area contributed by atoms with Crippen LogP contribution >= 0.6 is 0 Å². The first-order valence-electron chi connectivity index (χ1n) is 5.57. The van der Waals surface area contributed by atoms with Crippen LogP contribution in [0.4, 0.5) is 4.39 Å². The van der Waals surface area contributed by atoms with Crippen LogP contribution in [0.25, 0.3) is 0 Å². The van der Waals surface area contributed by atoms with Gasteiger partial charge >= 0.3 is 0 Å². The van der Waals surface area contributed by atoms with E-state index in [2.05, 4.69) is 17.2 Å². The molecule has 2 unspecified atom stereocenters. The Balaban J connectivity index is 1.98. The van der Waals surface area contributed by atoms with Crippen LogP contribution in [0.3, 0.4) is 0 Å². The number of nitrogens with zero attached hydrogens (tertiary/aromatic N) is 1. The Morgan fingerprint density at radius 2 is 2.38 bits per heavy atom. The van der Waals surface area contributed by atoms with Crippen LogP contribution in [-0.2, 0) is 0 Å². The van der Waals surface area contributed by atoms with Gasteiger partial charge in [0.15, 0.2) is 0 Å². The SMILES string of the molecule is CC1CCC(NC(=O)c2ccnc(F)c2)C1. The molecule has 1 aromatic rings. The van der Waals surface area contributed by atoms with Crippen molar-refractivity contribution in [1.29, 1.82) is 0 Å². The summed E-state index contributed by atoms with van der Waals surface area (Å²) in [7, 11) is 0. The van der Waals surface area contributed by atoms with Crippen molar-refractivity contribution in [3.8, 4) is 0 Å². The number of carbonyl (C=O) groups excluding carboxylic acids is 1. The molecule has 0 bridgehead atoms. The molecular weight excluding hydrogens is 207 g/mol. The number of rotatable bonds is 2. The summed E-state index contributed by atoms with van der Waals surface area (Å²) in [4.78, 5) is 15.2. The molecule has 0 aromatic carbocycles. The first-order chi connectivity index (χ1) is 7.65. The van der Waals surface area contributed by atoms with Crippen molar-refractivity contribution >= 4 is 5.91 Å². The van der Waals surface area contributed by atoms with Gasteiger partial charge in [-0.3, -0.25) is 4.79 Å². The van der Waals surface area contributed by atoms with Gasteiger partial charge < -0.3 is 5.32 Å². The highest BCUT2D eigenvalue weighted by Crippen LogP contribution is 2.24. The Morgan fingerprint density at radius 1 is 1.56 bits per heavy atom. The molecule has 2 atom stereocenters. The van der Waals surface area contributed by atoms with Gasteiger partial charge in [0, 0.05) is 23.9 Å². The predicted octanol–water partition coefficient (Wildman–Crippen LogP) is 2.14. The van der Waals surface area contributed by atoms with Crippen LogP contribution in [0, 0.1) is 11.9 Å². The fourth-order valence-corrected chi connectivity index (χ4v) is 2.15. The lowest BCUT2D eigenvalue weighted by molar-refractivity contribution is 0.0936. The van der Waals surface area contributed by atoms with Crippen LogP contribution in [0.5, 0.6) is 0 Å². The second-order valence-electron chi connectivity index (χ2n) is 4.46. The first-order valence-corrected chi connectivity index (χ1v) is 5.57. The van der Waals surface area contributed by atoms with Gasteiger partial charge in [0.1, 0.15) is 0 Å². The number of nitrogens with one attached hydrogen (secondary N) is 1. The summed E-state index contributed by atoms with van der Waals surface area (Å²) in [5.74, 6) is -0.160. The number of hydrogen-bond donors (Lipinski definition) is 1. The number of carbonyl (C=O) groups is 1. The minimum Gasteiger partial charge on any atom is -0.349 e. The molecule has 3 nitrogen and oxygen atoms in total. The summed E-state index contributed by atoms with van der Waals surface area (Å²) in [6.45, 7) is 2.18. The number of aromatic nitrogens is 1. The molecule has 0 aliphatic heterocycles. The van der Waals surface area contributed by atoms with Crippen LogP contribution in [0.2, 0.25) is 0 Å². The van der Waals surface area contributed by atoms with E-state index >= 15 is 0 Å². The summed E-state index contributed by atoms with van der Waals surface area (Å²) in [6.07, 6.45) is 4.48. The van der Waals surface area contributed by atoms with Crippen LogP contribution in [0.15, 0.2) is 18.3 Å². The van der Waals surface area contributed by atoms with E-state index in [0.717, 1.165) is 25.3 Å². The average Bonchev–Trinajstić information content (AvgIpc) is 2.64. The third-order valence-corrected chi connectivity index (χ3v) is 3.02. The zero-order chi connectivity index (χ0) is 11.5. The summed E-state index contributed by atoms with van der Waals surface area (Å²) in [5, 5.41) is 2.92. The van der Waals surface area contributed by atoms with Gasteiger partial charge in [0.05, 0.1) is 0 Å². The third-order valence-electron chi connectivity index (χ3n) is 3.02. The van der Waals surface area contributed by atoms with Crippen LogP contribution in [-0.4, -0.2) is 16.9 Å². The van der Waals surface area contributed by atoms with E-state index in [0.29, 0.717) is 11.5 Å². The van der Waals surface area contributed by atoms with Crippen LogP contribution < -0.4 is 5.32 Å². The molecular formula is C12H15FN2O. The Labute approximate surface area is 94.1 Å². The Kier molecular flexibility index (Phi) is 3.17. The molecule has 1 aromatic heterocycles. The minimum absolute atomic E-state index is 0.208. The third kappa shape index (κ3) is 2.56. The van der Waals surface area contributed by atoms with E-state index in [1.165, 1.54) is 12.3 Å². The number of pyridine rings is 1. The number of amides is 1. The average molecular weight is 222 g/mol. The number of halogens is 1. The van der Waals surface area contributed by atoms with E-state index in [1.807, 2.05) is 0 Å². The maximum Gasteiger partial charge on any atom is 0.251 e. The monoisotopic (exact) mass is 222 g/mol. The van der Waals surface area contributed by atoms with Gasteiger partial charge in [-0.1, -0.05) is 6.92 Å². The molecule has 0 spiro atoms. The van der Waals surface area contributed by atoms with Crippen molar-refractivity contribution in [3.05, 3.63) is 29.8 Å². The molecule has 2 rings (SSSR count). The summed E-state index contributed by atoms with van der Waals surface area (Å²) in [6, 6.07) is 2.92. The van der Waals surface area contributed by atoms with Crippen molar-refractivity contribution < 1.29 is 9.18 Å². The molecule has 1 amide bonds. The summed E-state index contributed by atoms with van der Waals surface area (Å²) >= 11 is 0. The predicted molar refractivity (Wildman–Crippen MR) is 58.5 cm³/mol. The van der Waals surface area contributed by atoms with Gasteiger partial charge in [-0.15, -0.1) is 0 Å². The second-order valence-corrected chi connectivity index (χ2v) is 4.46. The minimum atomic E-state index is -0.618. The molecule has 1 aliphatic carbocycles. The Bertz CT molecular complexity index is 394. The zero-order valence-corrected chi connectivity index (χ0v) is 9.24. The van der Waals surface area contributed by atoms with E-state index < -0.39 is 5.95 Å². The maximum atomic E-state index is 12.8. The molecule has 1 fully saturated rings. The van der Waals surface area contributed by atoms with Crippen molar-refractivity contribution in [1.82, 2.24) is 10.3 Å². The maximum absolute atomic E-state index is 12.8. The van der Waals surface area contributed by atoms with E-state index in [1.54, 1.807) is 0 Å². The van der Waals surface area contributed by atoms with Gasteiger partial charge in [-0.25, -0.2) is 4.98 Å². The summed E-state index contributed by atoms with van der Waals surface area (Å²) in [5.41, 5.74) is 0.340. The molecule has 4 heteroatoms. The fraction of sp³-hybridized carbons (Fsp3) is 0.500. The van der Waals surface area contributed by atoms with Gasteiger partial charge in [-0.2, -0.15) is 4.39 Å². The highest BCUT2D eigenvalue weighted by atomic mass is 19.1. The van der Waals surface area contributed by atoms with Gasteiger partial charge in [0.2, 0.25) is 5.95 Å². The quantitative estimate of drug-likeness (QED) is 0.779. The number of hydrogen-bond acceptors (Lipinski definition) is 2. The van der Waals surface area contributed by atoms with E-state index in [9.17, 15) is 9.18 Å². The smallest absolute Gasteiger partial charge is 0.251 e. The van der Waals surface area contributed by atoms with Crippen molar-refractivity contribution in [2.75, 3.05) is 0 Å². The molecule has 1 heterocycles. The topological polar surface area (TPSA) is 42.0 Å². The van der Waals surface area contributed by atoms with Crippen molar-refractivity contribution in [2.24, 2.45) is 5.92 Å². The lowest BCUT2D eigenvalue weighted by atomic mass is 10.1. The molecule has 0 saturated heterocycles. The molecule has 1 aliphatic rings. The normalized spacial score (nSPS) is 24.4. The van der Waals surface area contributed by atoms with Crippen molar-refractivity contribution in [2.45, 2.75) is 32.2 Å². The van der Waals surface area contributed by atoms with Crippen molar-refractivity contribution in [3.63, 3.8) is 0 Å². The Morgan fingerprint density at radius 3 is 3.00 bits per heavy atom. The molecule has 1 saturated carbocycles. The van der Waals surface area contributed by atoms with Crippen LogP contribution in [0.1, 0.15) is 36.5 Å². The zero-order valence-electron chi connectivity index (χ0n) is 9.24. The largest absolute Gasteiger partial charge is 0.349 e. The summed E-state index contributed by atoms with van der Waals surface area (Å²) < 4.78 is 12.8. The lowest BCUT2D eigenvalue weighted by Crippen LogP contribution is -2.32. The van der Waals surface area contributed by atoms with Gasteiger partial charge in [0.25, 0.3) is 5.91 Å². The first kappa shape index (κ1) is 11.0. The highest BCUT2D eigenvalue weighted by molar-refractivity contribution is 5.94. The molecule has 16 heavy (non-hydrogen) atoms. The molecule has 86 valence electrons. The fourth-order valence-electron chi connectivity index (χ4n) is 2.15. The van der Waals surface area contributed by atoms with Gasteiger partial charge in [-0.05, 0) is 31.2 Å². The van der Waals surface area contributed by atoms with E-state index in [4.69, 9.17) is 0 Å². The second kappa shape index (κ2) is 4.60. The molecule has 0 radical (unpaired) electrons. The lowest BCUT2D eigenvalue weighted by Gasteiger charge is -2.12. The highest BCUT2D eigenvalue weighted by Gasteiger charge is 2.23. The molecule has 1 N–H and O–H groups in total. The van der Waals surface area contributed by atoms with E-state index in [-0.39, 0.29) is 11.9 Å². The Hall–Kier alpha value is -1.45. The standard InChI is InChI=1S/C12H15FN2O/c1-8-2-3-10(6-8)15-12(16)9-4-5-14-11(13)7-9/h4-5,7-8,10H,2-3,6H2,1H3,(H,15,16).